The minimum atomic E-state index is -3.52. The maximum Gasteiger partial charge on any atom is 0.244 e. The normalized spacial score (nSPS) is 18.1. The Hall–Kier alpha value is -1.14. The van der Waals surface area contributed by atoms with Crippen LogP contribution in [0.1, 0.15) is 39.5 Å². The number of nitrogens with one attached hydrogen (secondary N) is 2. The highest BCUT2D eigenvalue weighted by molar-refractivity contribution is 7.89. The fraction of sp³-hybridized carbons (Fsp3) is 0.643. The van der Waals surface area contributed by atoms with Crippen molar-refractivity contribution in [1.29, 1.82) is 0 Å². The van der Waals surface area contributed by atoms with Crippen LogP contribution in [0.5, 0.6) is 0 Å². The first-order chi connectivity index (χ1) is 9.54. The summed E-state index contributed by atoms with van der Waals surface area (Å²) in [5.41, 5.74) is 0.605. The van der Waals surface area contributed by atoms with Crippen LogP contribution in [0.25, 0.3) is 0 Å². The molecule has 1 aliphatic carbocycles. The second kappa shape index (κ2) is 6.54. The molecule has 1 aromatic rings. The van der Waals surface area contributed by atoms with Gasteiger partial charge in [-0.15, -0.1) is 0 Å². The van der Waals surface area contributed by atoms with Gasteiger partial charge in [-0.25, -0.2) is 13.1 Å². The number of rotatable bonds is 6. The molecule has 0 aromatic carbocycles. The average molecular weight is 297 g/mol. The Bertz CT molecular complexity index is 539. The van der Waals surface area contributed by atoms with E-state index in [-0.39, 0.29) is 10.9 Å². The summed E-state index contributed by atoms with van der Waals surface area (Å²) >= 11 is 0. The van der Waals surface area contributed by atoms with E-state index in [1.54, 1.807) is 12.3 Å². The zero-order chi connectivity index (χ0) is 14.6. The first-order valence-corrected chi connectivity index (χ1v) is 8.73. The zero-order valence-corrected chi connectivity index (χ0v) is 12.9. The maximum atomic E-state index is 12.5. The number of pyridine rings is 1. The molecule has 0 amide bonds. The van der Waals surface area contributed by atoms with Gasteiger partial charge >= 0.3 is 0 Å². The van der Waals surface area contributed by atoms with Crippen molar-refractivity contribution in [3.63, 3.8) is 0 Å². The van der Waals surface area contributed by atoms with Crippen molar-refractivity contribution in [3.05, 3.63) is 18.5 Å². The van der Waals surface area contributed by atoms with Crippen molar-refractivity contribution < 1.29 is 8.42 Å². The predicted octanol–water partition coefficient (Wildman–Crippen LogP) is 2.37. The predicted molar refractivity (Wildman–Crippen MR) is 80.1 cm³/mol. The van der Waals surface area contributed by atoms with Crippen LogP contribution in [0.2, 0.25) is 0 Å². The molecule has 20 heavy (non-hydrogen) atoms. The van der Waals surface area contributed by atoms with E-state index in [2.05, 4.69) is 15.0 Å². The van der Waals surface area contributed by atoms with E-state index in [0.717, 1.165) is 12.8 Å². The molecule has 1 aromatic heterocycles. The molecule has 0 aliphatic heterocycles. The molecule has 1 unspecified atom stereocenters. The van der Waals surface area contributed by atoms with Gasteiger partial charge in [-0.2, -0.15) is 0 Å². The van der Waals surface area contributed by atoms with Crippen LogP contribution in [0.4, 0.5) is 5.69 Å². The Labute approximate surface area is 121 Å². The molecule has 0 saturated heterocycles. The molecule has 0 bridgehead atoms. The summed E-state index contributed by atoms with van der Waals surface area (Å²) in [7, 11) is -3.52. The van der Waals surface area contributed by atoms with Crippen molar-refractivity contribution in [2.24, 2.45) is 5.92 Å². The molecule has 1 saturated carbocycles. The number of anilines is 1. The highest BCUT2D eigenvalue weighted by atomic mass is 32.2. The Morgan fingerprint density at radius 2 is 2.10 bits per heavy atom. The van der Waals surface area contributed by atoms with Gasteiger partial charge < -0.3 is 5.32 Å². The van der Waals surface area contributed by atoms with Crippen LogP contribution in [0, 0.1) is 5.92 Å². The van der Waals surface area contributed by atoms with Gasteiger partial charge in [-0.3, -0.25) is 4.98 Å². The molecule has 6 heteroatoms. The summed E-state index contributed by atoms with van der Waals surface area (Å²) in [6.07, 6.45) is 7.62. The van der Waals surface area contributed by atoms with Gasteiger partial charge in [-0.1, -0.05) is 12.8 Å². The molecule has 0 radical (unpaired) electrons. The van der Waals surface area contributed by atoms with Gasteiger partial charge in [0.2, 0.25) is 10.0 Å². The molecule has 5 nitrogen and oxygen atoms in total. The van der Waals surface area contributed by atoms with E-state index >= 15 is 0 Å². The zero-order valence-electron chi connectivity index (χ0n) is 12.1. The summed E-state index contributed by atoms with van der Waals surface area (Å²) in [5, 5.41) is 3.07. The van der Waals surface area contributed by atoms with Crippen LogP contribution < -0.4 is 10.0 Å². The van der Waals surface area contributed by atoms with Gasteiger partial charge in [0.1, 0.15) is 4.90 Å². The quantitative estimate of drug-likeness (QED) is 0.845. The molecule has 112 valence electrons. The topological polar surface area (TPSA) is 71.1 Å². The summed E-state index contributed by atoms with van der Waals surface area (Å²) < 4.78 is 27.8. The molecule has 0 spiro atoms. The van der Waals surface area contributed by atoms with E-state index in [0.29, 0.717) is 18.2 Å². The van der Waals surface area contributed by atoms with E-state index < -0.39 is 10.0 Å². The lowest BCUT2D eigenvalue weighted by Gasteiger charge is -2.21. The van der Waals surface area contributed by atoms with E-state index in [1.807, 2.05) is 13.8 Å². The molecular weight excluding hydrogens is 274 g/mol. The lowest BCUT2D eigenvalue weighted by molar-refractivity contribution is 0.424. The summed E-state index contributed by atoms with van der Waals surface area (Å²) in [6, 6.07) is 1.66. The third-order valence-corrected chi connectivity index (χ3v) is 5.48. The number of sulfonamides is 1. The Morgan fingerprint density at radius 1 is 1.40 bits per heavy atom. The molecule has 1 fully saturated rings. The van der Waals surface area contributed by atoms with Gasteiger partial charge in [-0.05, 0) is 38.7 Å². The second-order valence-corrected chi connectivity index (χ2v) is 7.04. The molecule has 1 heterocycles. The van der Waals surface area contributed by atoms with E-state index in [1.165, 1.54) is 19.0 Å². The largest absolute Gasteiger partial charge is 0.384 e. The first-order valence-electron chi connectivity index (χ1n) is 7.25. The summed E-state index contributed by atoms with van der Waals surface area (Å²) in [6.45, 7) is 4.56. The summed E-state index contributed by atoms with van der Waals surface area (Å²) in [4.78, 5) is 4.17. The molecule has 1 atom stereocenters. The van der Waals surface area contributed by atoms with Gasteiger partial charge in [0.15, 0.2) is 0 Å². The van der Waals surface area contributed by atoms with Crippen molar-refractivity contribution in [3.8, 4) is 0 Å². The second-order valence-electron chi connectivity index (χ2n) is 5.36. The summed E-state index contributed by atoms with van der Waals surface area (Å²) in [5.74, 6) is 0.448. The lowest BCUT2D eigenvalue weighted by Crippen LogP contribution is -2.37. The minimum absolute atomic E-state index is 0.0304. The van der Waals surface area contributed by atoms with Crippen LogP contribution in [0.3, 0.4) is 0 Å². The van der Waals surface area contributed by atoms with Crippen LogP contribution >= 0.6 is 0 Å². The molecule has 2 N–H and O–H groups in total. The fourth-order valence-corrected chi connectivity index (χ4v) is 4.23. The number of aromatic nitrogens is 1. The first kappa shape index (κ1) is 15.3. The number of nitrogens with zero attached hydrogens (tertiary/aromatic N) is 1. The van der Waals surface area contributed by atoms with Crippen molar-refractivity contribution >= 4 is 15.7 Å². The number of hydrogen-bond donors (Lipinski definition) is 2. The smallest absolute Gasteiger partial charge is 0.244 e. The Kier molecular flexibility index (Phi) is 4.99. The van der Waals surface area contributed by atoms with Crippen LogP contribution in [-0.4, -0.2) is 26.0 Å². The third-order valence-electron chi connectivity index (χ3n) is 3.89. The maximum absolute atomic E-state index is 12.5. The SMILES string of the molecule is CCNc1ccncc1S(=O)(=O)NC(C)C1CCCC1. The lowest BCUT2D eigenvalue weighted by atomic mass is 10.0. The van der Waals surface area contributed by atoms with Gasteiger partial charge in [0, 0.05) is 25.0 Å². The van der Waals surface area contributed by atoms with E-state index in [4.69, 9.17) is 0 Å². The van der Waals surface area contributed by atoms with Crippen molar-refractivity contribution in [2.75, 3.05) is 11.9 Å². The standard InChI is InChI=1S/C14H23N3O2S/c1-3-16-13-8-9-15-10-14(13)20(18,19)17-11(2)12-6-4-5-7-12/h8-12,17H,3-7H2,1-2H3,(H,15,16). The highest BCUT2D eigenvalue weighted by Crippen LogP contribution is 2.29. The Morgan fingerprint density at radius 3 is 2.75 bits per heavy atom. The van der Waals surface area contributed by atoms with Crippen molar-refractivity contribution in [1.82, 2.24) is 9.71 Å². The monoisotopic (exact) mass is 297 g/mol. The van der Waals surface area contributed by atoms with Crippen molar-refractivity contribution in [2.45, 2.75) is 50.5 Å². The molecule has 2 rings (SSSR count). The highest BCUT2D eigenvalue weighted by Gasteiger charge is 2.27. The van der Waals surface area contributed by atoms with Gasteiger partial charge in [0.25, 0.3) is 0 Å². The Balaban J connectivity index is 2.17. The van der Waals surface area contributed by atoms with E-state index in [9.17, 15) is 8.42 Å². The van der Waals surface area contributed by atoms with Crippen LogP contribution in [-0.2, 0) is 10.0 Å². The van der Waals surface area contributed by atoms with Crippen LogP contribution in [0.15, 0.2) is 23.4 Å². The average Bonchev–Trinajstić information content (AvgIpc) is 2.93. The molecular formula is C14H23N3O2S. The minimum Gasteiger partial charge on any atom is -0.384 e. The van der Waals surface area contributed by atoms with Gasteiger partial charge in [0.05, 0.1) is 5.69 Å². The number of hydrogen-bond acceptors (Lipinski definition) is 4. The fourth-order valence-electron chi connectivity index (χ4n) is 2.79. The molecule has 1 aliphatic rings. The third kappa shape index (κ3) is 3.49.